The number of aromatic amines is 1. The minimum atomic E-state index is -1.55. The Labute approximate surface area is 107 Å². The third-order valence-electron chi connectivity index (χ3n) is 2.56. The van der Waals surface area contributed by atoms with Crippen molar-refractivity contribution in [3.05, 3.63) is 51.7 Å². The van der Waals surface area contributed by atoms with E-state index in [0.29, 0.717) is 12.1 Å². The average molecular weight is 268 g/mol. The molecule has 0 amide bonds. The van der Waals surface area contributed by atoms with Gasteiger partial charge in [-0.3, -0.25) is 4.79 Å². The molecule has 0 saturated carbocycles. The molecule has 0 spiro atoms. The predicted molar refractivity (Wildman–Crippen MR) is 64.2 cm³/mol. The Morgan fingerprint density at radius 1 is 1.16 bits per heavy atom. The molecular weight excluding hydrogens is 257 g/mol. The van der Waals surface area contributed by atoms with E-state index >= 15 is 0 Å². The molecule has 0 bridgehead atoms. The summed E-state index contributed by atoms with van der Waals surface area (Å²) in [5.41, 5.74) is 0.0939. The molecule has 0 atom stereocenters. The number of H-pyrrole nitrogens is 1. The highest BCUT2D eigenvalue weighted by Crippen LogP contribution is 2.20. The normalized spacial score (nSPS) is 10.7. The summed E-state index contributed by atoms with van der Waals surface area (Å²) < 4.78 is 39.1. The largest absolute Gasteiger partial charge is 0.307 e. The average Bonchev–Trinajstić information content (AvgIpc) is 2.35. The van der Waals surface area contributed by atoms with Gasteiger partial charge in [-0.15, -0.1) is 0 Å². The second-order valence-electron chi connectivity index (χ2n) is 4.09. The molecule has 6 heteroatoms. The molecule has 1 aromatic heterocycles. The van der Waals surface area contributed by atoms with Crippen LogP contribution >= 0.6 is 0 Å². The number of aromatic nitrogens is 2. The fourth-order valence-corrected chi connectivity index (χ4v) is 1.72. The first kappa shape index (κ1) is 13.3. The van der Waals surface area contributed by atoms with Crippen LogP contribution in [0.1, 0.15) is 19.0 Å². The standard InChI is InChI=1S/C13H11F3N2O/c1-2-3-8-6-11(19)18-13(17-8)7-4-9(14)12(16)10(15)5-7/h4-6H,2-3H2,1H3,(H,17,18,19). The van der Waals surface area contributed by atoms with Crippen LogP contribution in [0, 0.1) is 17.5 Å². The van der Waals surface area contributed by atoms with Gasteiger partial charge in [0.1, 0.15) is 5.82 Å². The van der Waals surface area contributed by atoms with E-state index in [1.807, 2.05) is 6.92 Å². The van der Waals surface area contributed by atoms with Crippen molar-refractivity contribution in [2.45, 2.75) is 19.8 Å². The van der Waals surface area contributed by atoms with Gasteiger partial charge in [0.2, 0.25) is 0 Å². The third-order valence-corrected chi connectivity index (χ3v) is 2.56. The lowest BCUT2D eigenvalue weighted by Crippen LogP contribution is -2.10. The maximum absolute atomic E-state index is 13.1. The summed E-state index contributed by atoms with van der Waals surface area (Å²) in [5.74, 6) is -4.17. The van der Waals surface area contributed by atoms with Crippen molar-refractivity contribution in [3.8, 4) is 11.4 Å². The van der Waals surface area contributed by atoms with Crippen LogP contribution in [0.4, 0.5) is 13.2 Å². The molecule has 0 aliphatic carbocycles. The van der Waals surface area contributed by atoms with Gasteiger partial charge in [-0.2, -0.15) is 0 Å². The SMILES string of the molecule is CCCc1cc(=O)[nH]c(-c2cc(F)c(F)c(F)c2)n1. The van der Waals surface area contributed by atoms with Crippen molar-refractivity contribution in [1.29, 1.82) is 0 Å². The van der Waals surface area contributed by atoms with E-state index in [1.54, 1.807) is 0 Å². The highest BCUT2D eigenvalue weighted by atomic mass is 19.2. The second kappa shape index (κ2) is 5.26. The highest BCUT2D eigenvalue weighted by molar-refractivity contribution is 5.55. The van der Waals surface area contributed by atoms with E-state index in [2.05, 4.69) is 9.97 Å². The Balaban J connectivity index is 2.55. The molecule has 0 saturated heterocycles. The van der Waals surface area contributed by atoms with Crippen LogP contribution in [-0.4, -0.2) is 9.97 Å². The summed E-state index contributed by atoms with van der Waals surface area (Å²) in [6, 6.07) is 2.92. The van der Waals surface area contributed by atoms with Crippen molar-refractivity contribution in [2.75, 3.05) is 0 Å². The monoisotopic (exact) mass is 268 g/mol. The predicted octanol–water partition coefficient (Wildman–Crippen LogP) is 2.81. The van der Waals surface area contributed by atoms with Crippen molar-refractivity contribution >= 4 is 0 Å². The number of benzene rings is 1. The Bertz CT molecular complexity index is 644. The molecule has 19 heavy (non-hydrogen) atoms. The van der Waals surface area contributed by atoms with Gasteiger partial charge in [0, 0.05) is 17.3 Å². The summed E-state index contributed by atoms with van der Waals surface area (Å²) in [6.07, 6.45) is 1.35. The van der Waals surface area contributed by atoms with Gasteiger partial charge in [-0.05, 0) is 18.6 Å². The van der Waals surface area contributed by atoms with Crippen LogP contribution in [0.2, 0.25) is 0 Å². The zero-order valence-corrected chi connectivity index (χ0v) is 10.1. The van der Waals surface area contributed by atoms with Gasteiger partial charge in [0.25, 0.3) is 5.56 Å². The van der Waals surface area contributed by atoms with Crippen molar-refractivity contribution in [2.24, 2.45) is 0 Å². The number of rotatable bonds is 3. The van der Waals surface area contributed by atoms with Crippen molar-refractivity contribution in [3.63, 3.8) is 0 Å². The van der Waals surface area contributed by atoms with Gasteiger partial charge in [0.15, 0.2) is 17.5 Å². The van der Waals surface area contributed by atoms with Crippen LogP contribution in [0.3, 0.4) is 0 Å². The lowest BCUT2D eigenvalue weighted by molar-refractivity contribution is 0.447. The zero-order valence-electron chi connectivity index (χ0n) is 10.1. The fourth-order valence-electron chi connectivity index (χ4n) is 1.72. The molecule has 100 valence electrons. The summed E-state index contributed by atoms with van der Waals surface area (Å²) in [5, 5.41) is 0. The van der Waals surface area contributed by atoms with Crippen molar-refractivity contribution < 1.29 is 13.2 Å². The Hall–Kier alpha value is -2.11. The molecular formula is C13H11F3N2O. The van der Waals surface area contributed by atoms with Gasteiger partial charge < -0.3 is 4.98 Å². The highest BCUT2D eigenvalue weighted by Gasteiger charge is 2.13. The lowest BCUT2D eigenvalue weighted by atomic mass is 10.1. The van der Waals surface area contributed by atoms with Gasteiger partial charge in [-0.1, -0.05) is 13.3 Å². The molecule has 2 aromatic rings. The topological polar surface area (TPSA) is 45.8 Å². The Kier molecular flexibility index (Phi) is 3.69. The van der Waals surface area contributed by atoms with Crippen LogP contribution < -0.4 is 5.56 Å². The first-order valence-corrected chi connectivity index (χ1v) is 5.76. The van der Waals surface area contributed by atoms with E-state index in [9.17, 15) is 18.0 Å². The maximum Gasteiger partial charge on any atom is 0.251 e. The number of nitrogens with zero attached hydrogens (tertiary/aromatic N) is 1. The van der Waals surface area contributed by atoms with Crippen molar-refractivity contribution in [1.82, 2.24) is 9.97 Å². The molecule has 0 aliphatic heterocycles. The number of nitrogens with one attached hydrogen (secondary N) is 1. The summed E-state index contributed by atoms with van der Waals surface area (Å²) >= 11 is 0. The van der Waals surface area contributed by atoms with E-state index in [4.69, 9.17) is 0 Å². The quantitative estimate of drug-likeness (QED) is 0.870. The first-order chi connectivity index (χ1) is 9.01. The minimum Gasteiger partial charge on any atom is -0.307 e. The number of aryl methyl sites for hydroxylation is 1. The summed E-state index contributed by atoms with van der Waals surface area (Å²) in [7, 11) is 0. The fraction of sp³-hybridized carbons (Fsp3) is 0.231. The molecule has 0 fully saturated rings. The third kappa shape index (κ3) is 2.83. The van der Waals surface area contributed by atoms with E-state index in [-0.39, 0.29) is 11.4 Å². The smallest absolute Gasteiger partial charge is 0.251 e. The lowest BCUT2D eigenvalue weighted by Gasteiger charge is -2.05. The first-order valence-electron chi connectivity index (χ1n) is 5.76. The van der Waals surface area contributed by atoms with Crippen LogP contribution in [-0.2, 0) is 6.42 Å². The Morgan fingerprint density at radius 2 is 1.79 bits per heavy atom. The molecule has 0 aliphatic rings. The second-order valence-corrected chi connectivity index (χ2v) is 4.09. The summed E-state index contributed by atoms with van der Waals surface area (Å²) in [4.78, 5) is 17.9. The molecule has 1 N–H and O–H groups in total. The molecule has 1 heterocycles. The Morgan fingerprint density at radius 3 is 2.37 bits per heavy atom. The van der Waals surface area contributed by atoms with E-state index in [0.717, 1.165) is 18.6 Å². The van der Waals surface area contributed by atoms with Crippen LogP contribution in [0.15, 0.2) is 23.0 Å². The summed E-state index contributed by atoms with van der Waals surface area (Å²) in [6.45, 7) is 1.92. The van der Waals surface area contributed by atoms with E-state index < -0.39 is 23.0 Å². The number of hydrogen-bond donors (Lipinski definition) is 1. The maximum atomic E-state index is 13.1. The molecule has 2 rings (SSSR count). The molecule has 0 radical (unpaired) electrons. The molecule has 3 nitrogen and oxygen atoms in total. The zero-order chi connectivity index (χ0) is 14.0. The van der Waals surface area contributed by atoms with E-state index in [1.165, 1.54) is 6.07 Å². The number of hydrogen-bond acceptors (Lipinski definition) is 2. The minimum absolute atomic E-state index is 0.00791. The van der Waals surface area contributed by atoms with Gasteiger partial charge in [-0.25, -0.2) is 18.2 Å². The van der Waals surface area contributed by atoms with Gasteiger partial charge in [0.05, 0.1) is 0 Å². The number of halogens is 3. The molecule has 0 unspecified atom stereocenters. The van der Waals surface area contributed by atoms with Crippen LogP contribution in [0.5, 0.6) is 0 Å². The molecule has 1 aromatic carbocycles. The van der Waals surface area contributed by atoms with Crippen LogP contribution in [0.25, 0.3) is 11.4 Å². The van der Waals surface area contributed by atoms with Gasteiger partial charge >= 0.3 is 0 Å².